The zero-order valence-electron chi connectivity index (χ0n) is 8.65. The lowest BCUT2D eigenvalue weighted by atomic mass is 10.1. The number of tetrazole rings is 1. The first kappa shape index (κ1) is 10.4. The van der Waals surface area contributed by atoms with Crippen molar-refractivity contribution in [3.63, 3.8) is 0 Å². The van der Waals surface area contributed by atoms with Gasteiger partial charge in [0.25, 0.3) is 0 Å². The number of benzene rings is 1. The Balaban J connectivity index is 0.000000617. The highest BCUT2D eigenvalue weighted by Crippen LogP contribution is 2.12. The minimum absolute atomic E-state index is 0. The van der Waals surface area contributed by atoms with E-state index in [-0.39, 0.29) is 1.43 Å². The van der Waals surface area contributed by atoms with Crippen LogP contribution in [0.4, 0.5) is 0 Å². The Bertz CT molecular complexity index is 355. The Labute approximate surface area is 84.8 Å². The van der Waals surface area contributed by atoms with Crippen LogP contribution in [0.5, 0.6) is 0 Å². The maximum absolute atomic E-state index is 3.87. The number of hydrogen-bond acceptors (Lipinski definition) is 3. The summed E-state index contributed by atoms with van der Waals surface area (Å²) >= 11 is 0. The third kappa shape index (κ3) is 2.39. The van der Waals surface area contributed by atoms with Crippen LogP contribution in [0.1, 0.15) is 20.8 Å². The van der Waals surface area contributed by atoms with Crippen molar-refractivity contribution in [3.8, 4) is 11.4 Å². The van der Waals surface area contributed by atoms with Crippen molar-refractivity contribution < 1.29 is 1.43 Å². The molecular weight excluding hydrogens is 176 g/mol. The maximum Gasteiger partial charge on any atom is 0.204 e. The van der Waals surface area contributed by atoms with Crippen LogP contribution in [-0.2, 0) is 0 Å². The number of hydrogen-bond donors (Lipinski definition) is 1. The summed E-state index contributed by atoms with van der Waals surface area (Å²) in [5, 5.41) is 13.6. The Morgan fingerprint density at radius 3 is 2.29 bits per heavy atom. The van der Waals surface area contributed by atoms with Crippen LogP contribution in [-0.4, -0.2) is 20.6 Å². The smallest absolute Gasteiger partial charge is 0.177 e. The van der Waals surface area contributed by atoms with Crippen molar-refractivity contribution in [2.24, 2.45) is 0 Å². The Morgan fingerprint density at radius 2 is 1.79 bits per heavy atom. The van der Waals surface area contributed by atoms with Crippen LogP contribution in [0.2, 0.25) is 0 Å². The molecule has 0 unspecified atom stereocenters. The van der Waals surface area contributed by atoms with Gasteiger partial charge in [0.05, 0.1) is 0 Å². The van der Waals surface area contributed by atoms with E-state index in [1.165, 1.54) is 5.56 Å². The normalized spacial score (nSPS) is 9.07. The standard InChI is InChI=1S/C8H8N4.C2H6.H2/c1-6-2-4-7(5-3-6)8-9-11-12-10-8;1-2;/h2-5H,1H3,(H,9,10,11,12);1-2H3;1H. The van der Waals surface area contributed by atoms with Gasteiger partial charge in [-0.05, 0) is 12.1 Å². The molecule has 2 aromatic rings. The van der Waals surface area contributed by atoms with Crippen LogP contribution in [0, 0.1) is 6.92 Å². The fourth-order valence-electron chi connectivity index (χ4n) is 0.987. The maximum atomic E-state index is 3.87. The van der Waals surface area contributed by atoms with E-state index < -0.39 is 0 Å². The molecular formula is C10H16N4. The van der Waals surface area contributed by atoms with Crippen molar-refractivity contribution in [1.29, 1.82) is 0 Å². The third-order valence-corrected chi connectivity index (χ3v) is 1.66. The molecule has 0 spiro atoms. The monoisotopic (exact) mass is 192 g/mol. The molecule has 0 saturated heterocycles. The fraction of sp³-hybridized carbons (Fsp3) is 0.300. The SMILES string of the molecule is CC.Cc1ccc(-c2nn[nH]n2)cc1.[HH]. The molecule has 0 fully saturated rings. The minimum Gasteiger partial charge on any atom is -0.177 e. The molecule has 4 heteroatoms. The van der Waals surface area contributed by atoms with Gasteiger partial charge in [0.2, 0.25) is 5.82 Å². The summed E-state index contributed by atoms with van der Waals surface area (Å²) in [6.07, 6.45) is 0. The number of rotatable bonds is 1. The summed E-state index contributed by atoms with van der Waals surface area (Å²) in [6.45, 7) is 6.04. The predicted octanol–water partition coefficient (Wildman–Crippen LogP) is 2.45. The van der Waals surface area contributed by atoms with E-state index in [4.69, 9.17) is 0 Å². The molecule has 0 atom stereocenters. The van der Waals surface area contributed by atoms with Gasteiger partial charge in [-0.1, -0.05) is 43.7 Å². The van der Waals surface area contributed by atoms with Gasteiger partial charge in [0, 0.05) is 6.99 Å². The molecule has 1 N–H and O–H groups in total. The highest BCUT2D eigenvalue weighted by Gasteiger charge is 1.99. The molecule has 1 heterocycles. The Morgan fingerprint density at radius 1 is 1.14 bits per heavy atom. The van der Waals surface area contributed by atoms with E-state index in [2.05, 4.69) is 20.6 Å². The van der Waals surface area contributed by atoms with Gasteiger partial charge in [-0.25, -0.2) is 0 Å². The van der Waals surface area contributed by atoms with Crippen molar-refractivity contribution in [2.75, 3.05) is 0 Å². The molecule has 0 aliphatic carbocycles. The Hall–Kier alpha value is -1.71. The van der Waals surface area contributed by atoms with Crippen molar-refractivity contribution in [2.45, 2.75) is 20.8 Å². The topological polar surface area (TPSA) is 54.5 Å². The number of aromatic amines is 1. The summed E-state index contributed by atoms with van der Waals surface area (Å²) in [4.78, 5) is 0. The molecule has 0 bridgehead atoms. The highest BCUT2D eigenvalue weighted by atomic mass is 15.5. The quantitative estimate of drug-likeness (QED) is 0.755. The first-order chi connectivity index (χ1) is 6.86. The van der Waals surface area contributed by atoms with Gasteiger partial charge in [-0.3, -0.25) is 0 Å². The van der Waals surface area contributed by atoms with Gasteiger partial charge < -0.3 is 0 Å². The van der Waals surface area contributed by atoms with E-state index in [1.54, 1.807) is 0 Å². The minimum atomic E-state index is 0. The van der Waals surface area contributed by atoms with Gasteiger partial charge in [-0.2, -0.15) is 5.21 Å². The number of H-pyrrole nitrogens is 1. The molecule has 1 aromatic heterocycles. The number of aromatic nitrogens is 4. The molecule has 1 aromatic carbocycles. The summed E-state index contributed by atoms with van der Waals surface area (Å²) in [6, 6.07) is 7.98. The van der Waals surface area contributed by atoms with Gasteiger partial charge >= 0.3 is 0 Å². The van der Waals surface area contributed by atoms with Crippen LogP contribution in [0.15, 0.2) is 24.3 Å². The van der Waals surface area contributed by atoms with Crippen LogP contribution in [0.3, 0.4) is 0 Å². The molecule has 14 heavy (non-hydrogen) atoms. The zero-order chi connectivity index (χ0) is 10.4. The zero-order valence-corrected chi connectivity index (χ0v) is 8.65. The van der Waals surface area contributed by atoms with E-state index in [0.717, 1.165) is 5.56 Å². The molecule has 2 rings (SSSR count). The molecule has 76 valence electrons. The average molecular weight is 192 g/mol. The van der Waals surface area contributed by atoms with Gasteiger partial charge in [-0.15, -0.1) is 10.2 Å². The summed E-state index contributed by atoms with van der Waals surface area (Å²) < 4.78 is 0. The second kappa shape index (κ2) is 5.11. The second-order valence-corrected chi connectivity index (χ2v) is 2.60. The predicted molar refractivity (Wildman–Crippen MR) is 57.8 cm³/mol. The molecule has 0 saturated carbocycles. The number of nitrogens with zero attached hydrogens (tertiary/aromatic N) is 3. The molecule has 0 amide bonds. The largest absolute Gasteiger partial charge is 0.204 e. The second-order valence-electron chi connectivity index (χ2n) is 2.60. The van der Waals surface area contributed by atoms with Gasteiger partial charge in [0.15, 0.2) is 0 Å². The number of nitrogens with one attached hydrogen (secondary N) is 1. The highest BCUT2D eigenvalue weighted by molar-refractivity contribution is 5.53. The van der Waals surface area contributed by atoms with Crippen molar-refractivity contribution >= 4 is 0 Å². The van der Waals surface area contributed by atoms with Crippen LogP contribution in [0.25, 0.3) is 11.4 Å². The lowest BCUT2D eigenvalue weighted by Gasteiger charge is -1.93. The lowest BCUT2D eigenvalue weighted by molar-refractivity contribution is 0.881. The van der Waals surface area contributed by atoms with Crippen molar-refractivity contribution in [1.82, 2.24) is 20.6 Å². The number of aryl methyl sites for hydroxylation is 1. The molecule has 0 aliphatic rings. The Kier molecular flexibility index (Phi) is 3.79. The third-order valence-electron chi connectivity index (χ3n) is 1.66. The van der Waals surface area contributed by atoms with Crippen LogP contribution < -0.4 is 0 Å². The molecule has 4 nitrogen and oxygen atoms in total. The van der Waals surface area contributed by atoms with Crippen LogP contribution >= 0.6 is 0 Å². The van der Waals surface area contributed by atoms with E-state index in [9.17, 15) is 0 Å². The van der Waals surface area contributed by atoms with E-state index in [0.29, 0.717) is 5.82 Å². The van der Waals surface area contributed by atoms with Crippen molar-refractivity contribution in [3.05, 3.63) is 29.8 Å². The van der Waals surface area contributed by atoms with Gasteiger partial charge in [0.1, 0.15) is 0 Å². The molecule has 0 aliphatic heterocycles. The van der Waals surface area contributed by atoms with E-state index >= 15 is 0 Å². The fourth-order valence-corrected chi connectivity index (χ4v) is 0.987. The molecule has 0 radical (unpaired) electrons. The first-order valence-electron chi connectivity index (χ1n) is 4.67. The lowest BCUT2D eigenvalue weighted by Crippen LogP contribution is -1.80. The summed E-state index contributed by atoms with van der Waals surface area (Å²) in [5.74, 6) is 0.634. The summed E-state index contributed by atoms with van der Waals surface area (Å²) in [5.41, 5.74) is 2.21. The summed E-state index contributed by atoms with van der Waals surface area (Å²) in [7, 11) is 0. The van der Waals surface area contributed by atoms with E-state index in [1.807, 2.05) is 45.0 Å². The first-order valence-corrected chi connectivity index (χ1v) is 4.67. The average Bonchev–Trinajstić information content (AvgIpc) is 2.75.